The minimum absolute atomic E-state index is 0.0710. The van der Waals surface area contributed by atoms with Gasteiger partial charge < -0.3 is 9.72 Å². The van der Waals surface area contributed by atoms with E-state index < -0.39 is 23.4 Å². The zero-order valence-corrected chi connectivity index (χ0v) is 16.6. The number of nitrogens with one attached hydrogen (secondary N) is 1. The highest BCUT2D eigenvalue weighted by molar-refractivity contribution is 6.30. The summed E-state index contributed by atoms with van der Waals surface area (Å²) in [5.74, 6) is -1.47. The van der Waals surface area contributed by atoms with Gasteiger partial charge in [-0.05, 0) is 23.1 Å². The summed E-state index contributed by atoms with van der Waals surface area (Å²) in [6.07, 6.45) is 6.70. The smallest absolute Gasteiger partial charge is 0.374 e. The van der Waals surface area contributed by atoms with Gasteiger partial charge in [0.05, 0.1) is 5.92 Å². The van der Waals surface area contributed by atoms with Crippen LogP contribution in [0.25, 0.3) is 0 Å². The first-order valence-electron chi connectivity index (χ1n) is 8.75. The SMILES string of the molecule is CC(C)(C)C(C(=O)n1ccnc1)C(OC(=O)c1ncc[nH]1)c1ccc(Cl)cc1. The lowest BCUT2D eigenvalue weighted by Crippen LogP contribution is -2.38. The zero-order chi connectivity index (χ0) is 20.3. The number of benzene rings is 1. The number of nitrogens with zero attached hydrogens (tertiary/aromatic N) is 3. The molecule has 2 aromatic heterocycles. The first kappa shape index (κ1) is 19.8. The first-order chi connectivity index (χ1) is 13.3. The number of rotatable bonds is 5. The summed E-state index contributed by atoms with van der Waals surface area (Å²) >= 11 is 6.01. The number of halogens is 1. The minimum atomic E-state index is -0.843. The van der Waals surface area contributed by atoms with E-state index in [-0.39, 0.29) is 11.7 Å². The lowest BCUT2D eigenvalue weighted by molar-refractivity contribution is -0.00767. The Hall–Kier alpha value is -2.93. The minimum Gasteiger partial charge on any atom is -0.451 e. The van der Waals surface area contributed by atoms with Crippen molar-refractivity contribution in [2.45, 2.75) is 26.9 Å². The lowest BCUT2D eigenvalue weighted by Gasteiger charge is -2.35. The fourth-order valence-electron chi connectivity index (χ4n) is 3.03. The number of hydrogen-bond acceptors (Lipinski definition) is 5. The molecule has 0 aliphatic rings. The average Bonchev–Trinajstić information content (AvgIpc) is 3.34. The van der Waals surface area contributed by atoms with Gasteiger partial charge in [0, 0.05) is 29.8 Å². The van der Waals surface area contributed by atoms with E-state index in [2.05, 4.69) is 15.0 Å². The topological polar surface area (TPSA) is 89.9 Å². The molecule has 2 atom stereocenters. The lowest BCUT2D eigenvalue weighted by atomic mass is 9.74. The van der Waals surface area contributed by atoms with Crippen molar-refractivity contribution in [2.75, 3.05) is 0 Å². The standard InChI is InChI=1S/C20H21ClN4O3/c1-20(2,3)15(18(26)25-11-10-22-12-25)16(13-4-6-14(21)7-5-13)28-19(27)17-23-8-9-24-17/h4-12,15-16H,1-3H3,(H,23,24). The number of hydrogen-bond donors (Lipinski definition) is 1. The van der Waals surface area contributed by atoms with Gasteiger partial charge >= 0.3 is 5.97 Å². The molecule has 28 heavy (non-hydrogen) atoms. The normalized spacial score (nSPS) is 13.7. The predicted molar refractivity (Wildman–Crippen MR) is 104 cm³/mol. The molecule has 0 aliphatic carbocycles. The molecule has 0 bridgehead atoms. The van der Waals surface area contributed by atoms with Crippen molar-refractivity contribution in [1.29, 1.82) is 0 Å². The molecule has 3 aromatic rings. The Morgan fingerprint density at radius 2 is 1.89 bits per heavy atom. The molecule has 2 heterocycles. The van der Waals surface area contributed by atoms with Gasteiger partial charge in [-0.25, -0.2) is 14.8 Å². The molecule has 0 saturated heterocycles. The van der Waals surface area contributed by atoms with Crippen molar-refractivity contribution in [1.82, 2.24) is 19.5 Å². The highest BCUT2D eigenvalue weighted by Gasteiger charge is 2.42. The fraction of sp³-hybridized carbons (Fsp3) is 0.300. The maximum atomic E-state index is 13.3. The summed E-state index contributed by atoms with van der Waals surface area (Å²) in [5, 5.41) is 0.549. The first-order valence-corrected chi connectivity index (χ1v) is 9.13. The molecule has 0 radical (unpaired) electrons. The molecule has 8 heteroatoms. The van der Waals surface area contributed by atoms with Crippen molar-refractivity contribution in [3.8, 4) is 0 Å². The maximum absolute atomic E-state index is 13.3. The summed E-state index contributed by atoms with van der Waals surface area (Å²) in [6.45, 7) is 5.78. The third-order valence-electron chi connectivity index (χ3n) is 4.38. The van der Waals surface area contributed by atoms with Crippen LogP contribution in [0.1, 0.15) is 47.9 Å². The Bertz CT molecular complexity index is 929. The van der Waals surface area contributed by atoms with Gasteiger partial charge in [0.15, 0.2) is 0 Å². The molecule has 7 nitrogen and oxygen atoms in total. The number of carbonyl (C=O) groups excluding carboxylic acids is 2. The molecule has 1 N–H and O–H groups in total. The fourth-order valence-corrected chi connectivity index (χ4v) is 3.16. The van der Waals surface area contributed by atoms with E-state index in [9.17, 15) is 9.59 Å². The Labute approximate surface area is 167 Å². The number of H-pyrrole nitrogens is 1. The number of esters is 1. The van der Waals surface area contributed by atoms with Crippen LogP contribution in [-0.4, -0.2) is 31.4 Å². The van der Waals surface area contributed by atoms with Gasteiger partial charge in [-0.3, -0.25) is 9.36 Å². The van der Waals surface area contributed by atoms with E-state index in [1.54, 1.807) is 30.5 Å². The van der Waals surface area contributed by atoms with Gasteiger partial charge in [-0.1, -0.05) is 44.5 Å². The van der Waals surface area contributed by atoms with E-state index in [1.807, 2.05) is 20.8 Å². The Kier molecular flexibility index (Phi) is 5.65. The van der Waals surface area contributed by atoms with Gasteiger partial charge in [0.2, 0.25) is 11.7 Å². The van der Waals surface area contributed by atoms with Gasteiger partial charge in [0.25, 0.3) is 0 Å². The molecule has 2 unspecified atom stereocenters. The van der Waals surface area contributed by atoms with E-state index in [0.717, 1.165) is 0 Å². The molecular weight excluding hydrogens is 380 g/mol. The zero-order valence-electron chi connectivity index (χ0n) is 15.8. The molecule has 0 amide bonds. The third-order valence-corrected chi connectivity index (χ3v) is 4.64. The summed E-state index contributed by atoms with van der Waals surface area (Å²) in [6, 6.07) is 6.91. The van der Waals surface area contributed by atoms with Crippen LogP contribution in [0.5, 0.6) is 0 Å². The highest BCUT2D eigenvalue weighted by Crippen LogP contribution is 2.40. The monoisotopic (exact) mass is 400 g/mol. The molecule has 3 rings (SSSR count). The van der Waals surface area contributed by atoms with Crippen LogP contribution >= 0.6 is 11.6 Å². The van der Waals surface area contributed by atoms with Crippen LogP contribution in [0, 0.1) is 11.3 Å². The number of carbonyl (C=O) groups is 2. The second-order valence-corrected chi connectivity index (χ2v) is 7.90. The van der Waals surface area contributed by atoms with Crippen LogP contribution in [0.3, 0.4) is 0 Å². The van der Waals surface area contributed by atoms with Crippen molar-refractivity contribution in [3.05, 3.63) is 71.8 Å². The summed E-state index contributed by atoms with van der Waals surface area (Å²) in [5.41, 5.74) is 0.146. The van der Waals surface area contributed by atoms with Gasteiger partial charge in [0.1, 0.15) is 12.4 Å². The number of imidazole rings is 2. The van der Waals surface area contributed by atoms with E-state index in [0.29, 0.717) is 10.6 Å². The van der Waals surface area contributed by atoms with Gasteiger partial charge in [-0.2, -0.15) is 0 Å². The second-order valence-electron chi connectivity index (χ2n) is 7.47. The number of aromatic nitrogens is 4. The molecule has 0 spiro atoms. The largest absolute Gasteiger partial charge is 0.451 e. The summed E-state index contributed by atoms with van der Waals surface area (Å²) < 4.78 is 7.20. The average molecular weight is 401 g/mol. The van der Waals surface area contributed by atoms with E-state index in [4.69, 9.17) is 16.3 Å². The van der Waals surface area contributed by atoms with Crippen LogP contribution in [0.4, 0.5) is 0 Å². The van der Waals surface area contributed by atoms with Crippen LogP contribution in [0.2, 0.25) is 5.02 Å². The Morgan fingerprint density at radius 1 is 1.18 bits per heavy atom. The van der Waals surface area contributed by atoms with Gasteiger partial charge in [-0.15, -0.1) is 0 Å². The molecular formula is C20H21ClN4O3. The van der Waals surface area contributed by atoms with Crippen LogP contribution in [0.15, 0.2) is 55.4 Å². The molecule has 1 aromatic carbocycles. The highest BCUT2D eigenvalue weighted by atomic mass is 35.5. The quantitative estimate of drug-likeness (QED) is 0.649. The third kappa shape index (κ3) is 4.31. The van der Waals surface area contributed by atoms with Crippen molar-refractivity contribution < 1.29 is 14.3 Å². The Balaban J connectivity index is 2.04. The summed E-state index contributed by atoms with van der Waals surface area (Å²) in [7, 11) is 0. The number of aromatic amines is 1. The van der Waals surface area contributed by atoms with Crippen LogP contribution in [-0.2, 0) is 4.74 Å². The van der Waals surface area contributed by atoms with E-state index >= 15 is 0 Å². The van der Waals surface area contributed by atoms with Crippen molar-refractivity contribution in [2.24, 2.45) is 11.3 Å². The van der Waals surface area contributed by atoms with E-state index in [1.165, 1.54) is 29.5 Å². The Morgan fingerprint density at radius 3 is 2.43 bits per heavy atom. The molecule has 0 saturated carbocycles. The second kappa shape index (κ2) is 7.98. The molecule has 0 aliphatic heterocycles. The summed E-state index contributed by atoms with van der Waals surface area (Å²) in [4.78, 5) is 36.5. The van der Waals surface area contributed by atoms with Crippen LogP contribution < -0.4 is 0 Å². The maximum Gasteiger partial charge on any atom is 0.374 e. The number of ether oxygens (including phenoxy) is 1. The van der Waals surface area contributed by atoms with Crippen molar-refractivity contribution in [3.63, 3.8) is 0 Å². The molecule has 146 valence electrons. The predicted octanol–water partition coefficient (Wildman–Crippen LogP) is 4.16. The van der Waals surface area contributed by atoms with Crippen molar-refractivity contribution >= 4 is 23.5 Å². The molecule has 0 fully saturated rings.